The lowest BCUT2D eigenvalue weighted by atomic mass is 9.82. The molecule has 0 radical (unpaired) electrons. The van der Waals surface area contributed by atoms with Crippen molar-refractivity contribution in [2.24, 2.45) is 5.41 Å². The molecule has 1 heterocycles. The van der Waals surface area contributed by atoms with Gasteiger partial charge in [0.1, 0.15) is 5.82 Å². The summed E-state index contributed by atoms with van der Waals surface area (Å²) >= 11 is 3.52. The fourth-order valence-electron chi connectivity index (χ4n) is 2.44. The zero-order valence-corrected chi connectivity index (χ0v) is 13.8. The van der Waals surface area contributed by atoms with Gasteiger partial charge in [-0.2, -0.15) is 0 Å². The number of aliphatic carboxylic acids is 1. The number of carboxylic acid groups (broad SMARTS) is 1. The smallest absolute Gasteiger partial charge is 0.311 e. The minimum atomic E-state index is -0.763. The maximum atomic E-state index is 11.6. The van der Waals surface area contributed by atoms with E-state index in [4.69, 9.17) is 0 Å². The lowest BCUT2D eigenvalue weighted by Gasteiger charge is -2.27. The van der Waals surface area contributed by atoms with E-state index < -0.39 is 11.4 Å². The second-order valence-electron chi connectivity index (χ2n) is 5.14. The van der Waals surface area contributed by atoms with Gasteiger partial charge in [0.05, 0.1) is 5.41 Å². The highest BCUT2D eigenvalue weighted by molar-refractivity contribution is 9.10. The molecule has 0 aliphatic rings. The summed E-state index contributed by atoms with van der Waals surface area (Å²) in [6.07, 6.45) is 2.90. The third-order valence-electron chi connectivity index (χ3n) is 4.15. The van der Waals surface area contributed by atoms with Crippen LogP contribution in [0.2, 0.25) is 0 Å². The Morgan fingerprint density at radius 3 is 2.62 bits per heavy atom. The van der Waals surface area contributed by atoms with Crippen molar-refractivity contribution in [3.63, 3.8) is 0 Å². The second-order valence-corrected chi connectivity index (χ2v) is 5.99. The van der Waals surface area contributed by atoms with Crippen molar-refractivity contribution >= 4 is 38.5 Å². The Morgan fingerprint density at radius 2 is 2.00 bits per heavy atom. The quantitative estimate of drug-likeness (QED) is 0.815. The van der Waals surface area contributed by atoms with Gasteiger partial charge in [0.2, 0.25) is 0 Å². The molecule has 1 aromatic carbocycles. The van der Waals surface area contributed by atoms with Crippen molar-refractivity contribution in [1.29, 1.82) is 0 Å². The number of halogens is 1. The first kappa shape index (κ1) is 15.8. The Balaban J connectivity index is 2.32. The molecule has 2 rings (SSSR count). The molecule has 4 nitrogen and oxygen atoms in total. The molecule has 0 amide bonds. The number of nitrogens with one attached hydrogen (secondary N) is 1. The summed E-state index contributed by atoms with van der Waals surface area (Å²) in [5, 5.41) is 14.8. The molecule has 21 heavy (non-hydrogen) atoms. The van der Waals surface area contributed by atoms with E-state index in [1.54, 1.807) is 6.20 Å². The van der Waals surface area contributed by atoms with Crippen LogP contribution in [0.3, 0.4) is 0 Å². The van der Waals surface area contributed by atoms with Crippen LogP contribution in [0.25, 0.3) is 10.8 Å². The fraction of sp³-hybridized carbons (Fsp3) is 0.375. The highest BCUT2D eigenvalue weighted by atomic mass is 79.9. The summed E-state index contributed by atoms with van der Waals surface area (Å²) in [6.45, 7) is 4.19. The molecular formula is C16H19BrN2O2. The normalized spacial score (nSPS) is 11.6. The summed E-state index contributed by atoms with van der Waals surface area (Å²) < 4.78 is 1.00. The zero-order valence-electron chi connectivity index (χ0n) is 12.2. The standard InChI is InChI=1S/C16H19BrN2O2/c1-3-16(4-2,15(20)21)10-19-14-12-6-5-7-13(17)11(12)8-9-18-14/h5-9H,3-4,10H2,1-2H3,(H,18,19)(H,20,21). The molecule has 0 saturated heterocycles. The van der Waals surface area contributed by atoms with Gasteiger partial charge in [0.25, 0.3) is 0 Å². The average Bonchev–Trinajstić information content (AvgIpc) is 2.49. The van der Waals surface area contributed by atoms with E-state index >= 15 is 0 Å². The number of nitrogens with zero attached hydrogens (tertiary/aromatic N) is 1. The third-order valence-corrected chi connectivity index (χ3v) is 4.85. The number of benzene rings is 1. The molecule has 0 aliphatic carbocycles. The van der Waals surface area contributed by atoms with Crippen molar-refractivity contribution in [1.82, 2.24) is 4.98 Å². The molecule has 0 bridgehead atoms. The Morgan fingerprint density at radius 1 is 1.29 bits per heavy atom. The second kappa shape index (κ2) is 6.43. The molecule has 2 N–H and O–H groups in total. The maximum Gasteiger partial charge on any atom is 0.311 e. The van der Waals surface area contributed by atoms with Crippen LogP contribution in [0.1, 0.15) is 26.7 Å². The Labute approximate surface area is 132 Å². The lowest BCUT2D eigenvalue weighted by molar-refractivity contribution is -0.148. The first-order valence-corrected chi connectivity index (χ1v) is 7.84. The predicted molar refractivity (Wildman–Crippen MR) is 88.6 cm³/mol. The summed E-state index contributed by atoms with van der Waals surface area (Å²) in [6, 6.07) is 7.85. The lowest BCUT2D eigenvalue weighted by Crippen LogP contribution is -2.37. The van der Waals surface area contributed by atoms with Crippen molar-refractivity contribution in [2.75, 3.05) is 11.9 Å². The average molecular weight is 351 g/mol. The summed E-state index contributed by atoms with van der Waals surface area (Å²) in [5.41, 5.74) is -0.754. The molecule has 0 unspecified atom stereocenters. The van der Waals surface area contributed by atoms with Gasteiger partial charge in [-0.25, -0.2) is 4.98 Å². The largest absolute Gasteiger partial charge is 0.481 e. The first-order valence-electron chi connectivity index (χ1n) is 7.04. The van der Waals surface area contributed by atoms with Crippen LogP contribution in [0, 0.1) is 5.41 Å². The van der Waals surface area contributed by atoms with Crippen LogP contribution in [-0.4, -0.2) is 22.6 Å². The zero-order chi connectivity index (χ0) is 15.5. The van der Waals surface area contributed by atoms with Crippen molar-refractivity contribution in [3.8, 4) is 0 Å². The van der Waals surface area contributed by atoms with Gasteiger partial charge in [-0.3, -0.25) is 4.79 Å². The molecule has 0 atom stereocenters. The first-order chi connectivity index (χ1) is 10.0. The van der Waals surface area contributed by atoms with Gasteiger partial charge in [-0.1, -0.05) is 41.9 Å². The van der Waals surface area contributed by atoms with E-state index in [1.165, 1.54) is 0 Å². The molecule has 2 aromatic rings. The number of aromatic nitrogens is 1. The molecule has 1 aromatic heterocycles. The summed E-state index contributed by atoms with van der Waals surface area (Å²) in [4.78, 5) is 15.9. The molecule has 0 saturated carbocycles. The number of pyridine rings is 1. The minimum Gasteiger partial charge on any atom is -0.481 e. The van der Waals surface area contributed by atoms with Crippen molar-refractivity contribution in [2.45, 2.75) is 26.7 Å². The van der Waals surface area contributed by atoms with E-state index in [9.17, 15) is 9.90 Å². The summed E-state index contributed by atoms with van der Waals surface area (Å²) in [7, 11) is 0. The van der Waals surface area contributed by atoms with Crippen LogP contribution in [0.4, 0.5) is 5.82 Å². The minimum absolute atomic E-state index is 0.369. The van der Waals surface area contributed by atoms with E-state index in [2.05, 4.69) is 26.2 Å². The van der Waals surface area contributed by atoms with Crippen LogP contribution >= 0.6 is 15.9 Å². The molecule has 112 valence electrons. The number of hydrogen-bond donors (Lipinski definition) is 2. The molecule has 0 spiro atoms. The van der Waals surface area contributed by atoms with E-state index in [0.717, 1.165) is 21.1 Å². The number of anilines is 1. The van der Waals surface area contributed by atoms with Crippen LogP contribution in [-0.2, 0) is 4.79 Å². The van der Waals surface area contributed by atoms with Crippen LogP contribution in [0.5, 0.6) is 0 Å². The van der Waals surface area contributed by atoms with Gasteiger partial charge in [-0.05, 0) is 25.0 Å². The van der Waals surface area contributed by atoms with E-state index in [0.29, 0.717) is 19.4 Å². The Kier molecular flexibility index (Phi) is 4.83. The van der Waals surface area contributed by atoms with Crippen molar-refractivity contribution in [3.05, 3.63) is 34.9 Å². The van der Waals surface area contributed by atoms with E-state index in [-0.39, 0.29) is 0 Å². The van der Waals surface area contributed by atoms with Gasteiger partial charge >= 0.3 is 5.97 Å². The molecular weight excluding hydrogens is 332 g/mol. The summed E-state index contributed by atoms with van der Waals surface area (Å²) in [5.74, 6) is -0.0391. The molecule has 5 heteroatoms. The van der Waals surface area contributed by atoms with E-state index in [1.807, 2.05) is 38.1 Å². The topological polar surface area (TPSA) is 62.2 Å². The van der Waals surface area contributed by atoms with Crippen molar-refractivity contribution < 1.29 is 9.90 Å². The van der Waals surface area contributed by atoms with Crippen LogP contribution in [0.15, 0.2) is 34.9 Å². The number of carbonyl (C=O) groups is 1. The number of carboxylic acids is 1. The number of rotatable bonds is 6. The van der Waals surface area contributed by atoms with Gasteiger partial charge in [-0.15, -0.1) is 0 Å². The third kappa shape index (κ3) is 3.02. The van der Waals surface area contributed by atoms with Gasteiger partial charge < -0.3 is 10.4 Å². The molecule has 0 fully saturated rings. The van der Waals surface area contributed by atoms with Gasteiger partial charge in [0.15, 0.2) is 0 Å². The Bertz CT molecular complexity index is 654. The monoisotopic (exact) mass is 350 g/mol. The SMILES string of the molecule is CCC(CC)(CNc1nccc2c(Br)cccc12)C(=O)O. The maximum absolute atomic E-state index is 11.6. The Hall–Kier alpha value is -1.62. The number of fused-ring (bicyclic) bond motifs is 1. The highest BCUT2D eigenvalue weighted by Gasteiger charge is 2.34. The fourth-order valence-corrected chi connectivity index (χ4v) is 2.94. The number of hydrogen-bond acceptors (Lipinski definition) is 3. The molecule has 0 aliphatic heterocycles. The predicted octanol–water partition coefficient (Wildman–Crippen LogP) is 4.30. The van der Waals surface area contributed by atoms with Gasteiger partial charge in [0, 0.05) is 28.0 Å². The van der Waals surface area contributed by atoms with Crippen LogP contribution < -0.4 is 5.32 Å². The highest BCUT2D eigenvalue weighted by Crippen LogP contribution is 2.30.